The van der Waals surface area contributed by atoms with E-state index in [-0.39, 0.29) is 0 Å². The predicted octanol–water partition coefficient (Wildman–Crippen LogP) is 2.91. The highest BCUT2D eigenvalue weighted by molar-refractivity contribution is 7.44. The van der Waals surface area contributed by atoms with Gasteiger partial charge in [-0.05, 0) is 39.3 Å². The summed E-state index contributed by atoms with van der Waals surface area (Å²) in [6.07, 6.45) is 0. The van der Waals surface area contributed by atoms with E-state index in [1.54, 1.807) is 0 Å². The van der Waals surface area contributed by atoms with Crippen molar-refractivity contribution < 1.29 is 13.3 Å². The summed E-state index contributed by atoms with van der Waals surface area (Å²) in [7, 11) is -4.92. The summed E-state index contributed by atoms with van der Waals surface area (Å²) in [6.45, 7) is 12.2. The molecule has 0 fully saturated rings. The van der Waals surface area contributed by atoms with Gasteiger partial charge >= 0.3 is 8.60 Å². The summed E-state index contributed by atoms with van der Waals surface area (Å²) in [5.41, 5.74) is 0. The fraction of sp³-hybridized carbons (Fsp3) is 1.00. The summed E-state index contributed by atoms with van der Waals surface area (Å²) in [4.78, 5) is 9.41. The lowest BCUT2D eigenvalue weighted by molar-refractivity contribution is 0.378. The molecule has 12 heavy (non-hydrogen) atoms. The standard InChI is InChI=1S/C6H19O3PSi2/c1-11(2,3)8-10(7)9-12(4,5)6/h7H,1-6H3. The van der Waals surface area contributed by atoms with Gasteiger partial charge in [0.1, 0.15) is 0 Å². The van der Waals surface area contributed by atoms with E-state index in [0.29, 0.717) is 0 Å². The Bertz CT molecular complexity index is 125. The van der Waals surface area contributed by atoms with Crippen LogP contribution in [0.5, 0.6) is 0 Å². The van der Waals surface area contributed by atoms with Crippen molar-refractivity contribution in [1.29, 1.82) is 0 Å². The summed E-state index contributed by atoms with van der Waals surface area (Å²) in [5.74, 6) is 0. The fourth-order valence-corrected chi connectivity index (χ4v) is 4.72. The first kappa shape index (κ1) is 12.7. The van der Waals surface area contributed by atoms with Crippen molar-refractivity contribution in [2.24, 2.45) is 0 Å². The first-order chi connectivity index (χ1) is 5.10. The van der Waals surface area contributed by atoms with E-state index in [0.717, 1.165) is 0 Å². The van der Waals surface area contributed by atoms with Crippen molar-refractivity contribution in [3.8, 4) is 0 Å². The second kappa shape index (κ2) is 4.31. The molecule has 3 nitrogen and oxygen atoms in total. The van der Waals surface area contributed by atoms with Crippen LogP contribution >= 0.6 is 8.60 Å². The smallest absolute Gasteiger partial charge is 0.308 e. The zero-order valence-electron chi connectivity index (χ0n) is 8.71. The molecule has 0 radical (unpaired) electrons. The van der Waals surface area contributed by atoms with Gasteiger partial charge in [0.15, 0.2) is 16.6 Å². The number of hydrogen-bond donors (Lipinski definition) is 1. The fourth-order valence-electron chi connectivity index (χ4n) is 0.487. The Hall–Kier alpha value is 0.744. The molecule has 6 heteroatoms. The molecule has 0 aromatic rings. The normalized spacial score (nSPS) is 14.0. The third kappa shape index (κ3) is 8.84. The summed E-state index contributed by atoms with van der Waals surface area (Å²) in [5, 5.41) is 0. The minimum Gasteiger partial charge on any atom is -0.355 e. The third-order valence-corrected chi connectivity index (χ3v) is 6.34. The minimum absolute atomic E-state index is 1.63. The largest absolute Gasteiger partial charge is 0.355 e. The van der Waals surface area contributed by atoms with E-state index in [4.69, 9.17) is 8.43 Å². The molecule has 0 bridgehead atoms. The monoisotopic (exact) mass is 226 g/mol. The molecule has 0 spiro atoms. The Labute approximate surface area is 78.4 Å². The molecule has 0 rings (SSSR count). The van der Waals surface area contributed by atoms with Gasteiger partial charge in [-0.3, -0.25) is 0 Å². The first-order valence-electron chi connectivity index (χ1n) is 3.97. The Morgan fingerprint density at radius 3 is 1.25 bits per heavy atom. The predicted molar refractivity (Wildman–Crippen MR) is 58.0 cm³/mol. The van der Waals surface area contributed by atoms with Crippen molar-refractivity contribution in [2.45, 2.75) is 39.3 Å². The van der Waals surface area contributed by atoms with Gasteiger partial charge in [0.2, 0.25) is 0 Å². The van der Waals surface area contributed by atoms with E-state index in [1.807, 2.05) is 39.3 Å². The van der Waals surface area contributed by atoms with Crippen molar-refractivity contribution in [3.05, 3.63) is 0 Å². The molecular weight excluding hydrogens is 207 g/mol. The molecule has 0 heterocycles. The molecule has 0 unspecified atom stereocenters. The van der Waals surface area contributed by atoms with Crippen molar-refractivity contribution in [3.63, 3.8) is 0 Å². The molecule has 0 aromatic carbocycles. The van der Waals surface area contributed by atoms with Crippen LogP contribution in [0.4, 0.5) is 0 Å². The lowest BCUT2D eigenvalue weighted by atomic mass is 11.8. The van der Waals surface area contributed by atoms with Gasteiger partial charge in [-0.25, -0.2) is 0 Å². The molecule has 0 aromatic heterocycles. The van der Waals surface area contributed by atoms with E-state index < -0.39 is 25.2 Å². The van der Waals surface area contributed by atoms with E-state index in [9.17, 15) is 4.89 Å². The average Bonchev–Trinajstić information content (AvgIpc) is 1.49. The maximum absolute atomic E-state index is 9.41. The summed E-state index contributed by atoms with van der Waals surface area (Å²) >= 11 is 0. The van der Waals surface area contributed by atoms with Gasteiger partial charge in [0.05, 0.1) is 0 Å². The zero-order valence-corrected chi connectivity index (χ0v) is 11.6. The molecule has 0 aliphatic rings. The van der Waals surface area contributed by atoms with Crippen LogP contribution in [0.2, 0.25) is 39.3 Å². The van der Waals surface area contributed by atoms with Gasteiger partial charge < -0.3 is 13.3 Å². The number of hydrogen-bond acceptors (Lipinski definition) is 3. The second-order valence-electron chi connectivity index (χ2n) is 4.65. The van der Waals surface area contributed by atoms with Crippen LogP contribution in [0.25, 0.3) is 0 Å². The average molecular weight is 226 g/mol. The Morgan fingerprint density at radius 2 is 1.08 bits per heavy atom. The van der Waals surface area contributed by atoms with Gasteiger partial charge in [0, 0.05) is 0 Å². The van der Waals surface area contributed by atoms with Crippen molar-refractivity contribution in [2.75, 3.05) is 0 Å². The molecule has 0 saturated carbocycles. The first-order valence-corrected chi connectivity index (χ1v) is 11.9. The summed E-state index contributed by atoms with van der Waals surface area (Å²) < 4.78 is 10.8. The zero-order chi connectivity index (χ0) is 9.99. The molecule has 0 amide bonds. The highest BCUT2D eigenvalue weighted by Crippen LogP contribution is 2.39. The van der Waals surface area contributed by atoms with Gasteiger partial charge in [0.25, 0.3) is 0 Å². The molecule has 0 aliphatic carbocycles. The Morgan fingerprint density at radius 1 is 0.833 bits per heavy atom. The maximum Gasteiger partial charge on any atom is 0.308 e. The molecule has 0 atom stereocenters. The second-order valence-corrected chi connectivity index (χ2v) is 15.0. The quantitative estimate of drug-likeness (QED) is 0.591. The van der Waals surface area contributed by atoms with Crippen molar-refractivity contribution >= 4 is 25.2 Å². The highest BCUT2D eigenvalue weighted by atomic mass is 31.2. The van der Waals surface area contributed by atoms with Crippen LogP contribution < -0.4 is 0 Å². The topological polar surface area (TPSA) is 38.7 Å². The maximum atomic E-state index is 9.41. The van der Waals surface area contributed by atoms with Gasteiger partial charge in [-0.15, -0.1) is 0 Å². The molecule has 1 N–H and O–H groups in total. The molecular formula is C6H19O3PSi2. The van der Waals surface area contributed by atoms with Crippen LogP contribution in [0.1, 0.15) is 0 Å². The third-order valence-electron chi connectivity index (χ3n) is 0.704. The lowest BCUT2D eigenvalue weighted by Crippen LogP contribution is -2.27. The Balaban J connectivity index is 3.83. The van der Waals surface area contributed by atoms with Crippen LogP contribution in [0.15, 0.2) is 0 Å². The van der Waals surface area contributed by atoms with E-state index in [1.165, 1.54) is 0 Å². The van der Waals surface area contributed by atoms with E-state index >= 15 is 0 Å². The Kier molecular flexibility index (Phi) is 4.57. The van der Waals surface area contributed by atoms with Crippen molar-refractivity contribution in [1.82, 2.24) is 0 Å². The van der Waals surface area contributed by atoms with Gasteiger partial charge in [-0.2, -0.15) is 0 Å². The molecule has 74 valence electrons. The highest BCUT2D eigenvalue weighted by Gasteiger charge is 2.26. The van der Waals surface area contributed by atoms with E-state index in [2.05, 4.69) is 0 Å². The number of rotatable bonds is 4. The van der Waals surface area contributed by atoms with Crippen LogP contribution in [-0.4, -0.2) is 21.5 Å². The lowest BCUT2D eigenvalue weighted by Gasteiger charge is -2.25. The molecule has 0 saturated heterocycles. The van der Waals surface area contributed by atoms with Crippen LogP contribution in [0.3, 0.4) is 0 Å². The summed E-state index contributed by atoms with van der Waals surface area (Å²) in [6, 6.07) is 0. The van der Waals surface area contributed by atoms with Crippen LogP contribution in [0, 0.1) is 0 Å². The SMILES string of the molecule is C[Si](C)(C)OP(O)O[Si](C)(C)C. The van der Waals surface area contributed by atoms with Crippen LogP contribution in [-0.2, 0) is 8.43 Å². The minimum atomic E-state index is -1.64. The van der Waals surface area contributed by atoms with Gasteiger partial charge in [-0.1, -0.05) is 0 Å². The molecule has 0 aliphatic heterocycles.